The lowest BCUT2D eigenvalue weighted by Crippen LogP contribution is -2.38. The highest BCUT2D eigenvalue weighted by molar-refractivity contribution is 5.93. The van der Waals surface area contributed by atoms with E-state index in [2.05, 4.69) is 0 Å². The number of carbonyl (C=O) groups excluding carboxylic acids is 2. The summed E-state index contributed by atoms with van der Waals surface area (Å²) in [5, 5.41) is 0. The van der Waals surface area contributed by atoms with E-state index < -0.39 is 5.41 Å². The van der Waals surface area contributed by atoms with E-state index in [1.807, 2.05) is 37.3 Å². The molecule has 19 heavy (non-hydrogen) atoms. The molecule has 0 aliphatic heterocycles. The summed E-state index contributed by atoms with van der Waals surface area (Å²) in [5.41, 5.74) is 0.322. The van der Waals surface area contributed by atoms with Crippen molar-refractivity contribution >= 4 is 12.1 Å². The third-order valence-corrected chi connectivity index (χ3v) is 4.42. The lowest BCUT2D eigenvalue weighted by Gasteiger charge is -2.32. The van der Waals surface area contributed by atoms with Gasteiger partial charge in [-0.1, -0.05) is 49.6 Å². The summed E-state index contributed by atoms with van der Waals surface area (Å²) in [6.07, 6.45) is 6.66. The first-order valence-electron chi connectivity index (χ1n) is 7.22. The fourth-order valence-electron chi connectivity index (χ4n) is 3.15. The highest BCUT2D eigenvalue weighted by Crippen LogP contribution is 2.35. The molecule has 2 rings (SSSR count). The van der Waals surface area contributed by atoms with E-state index in [1.54, 1.807) is 0 Å². The smallest absolute Gasteiger partial charge is 0.146 e. The first-order chi connectivity index (χ1) is 9.18. The van der Waals surface area contributed by atoms with Crippen LogP contribution in [0.1, 0.15) is 51.0 Å². The van der Waals surface area contributed by atoms with E-state index in [-0.39, 0.29) is 18.1 Å². The Morgan fingerprint density at radius 1 is 1.21 bits per heavy atom. The van der Waals surface area contributed by atoms with Crippen LogP contribution in [0.3, 0.4) is 0 Å². The number of carbonyl (C=O) groups is 2. The zero-order chi connectivity index (χ0) is 13.7. The maximum atomic E-state index is 12.9. The van der Waals surface area contributed by atoms with Crippen molar-refractivity contribution in [3.8, 4) is 0 Å². The van der Waals surface area contributed by atoms with Crippen LogP contribution in [0.15, 0.2) is 30.3 Å². The second-order valence-electron chi connectivity index (χ2n) is 5.77. The molecule has 0 radical (unpaired) electrons. The Morgan fingerprint density at radius 2 is 1.84 bits per heavy atom. The third kappa shape index (κ3) is 2.94. The molecule has 0 N–H and O–H groups in total. The van der Waals surface area contributed by atoms with Crippen molar-refractivity contribution in [3.05, 3.63) is 35.9 Å². The predicted octanol–water partition coefficient (Wildman–Crippen LogP) is 3.68. The summed E-state index contributed by atoms with van der Waals surface area (Å²) < 4.78 is 0. The molecule has 0 bridgehead atoms. The second kappa shape index (κ2) is 6.14. The third-order valence-electron chi connectivity index (χ3n) is 4.42. The predicted molar refractivity (Wildman–Crippen MR) is 76.1 cm³/mol. The van der Waals surface area contributed by atoms with E-state index >= 15 is 0 Å². The number of aldehydes is 1. The average molecular weight is 258 g/mol. The molecule has 102 valence electrons. The van der Waals surface area contributed by atoms with E-state index in [1.165, 1.54) is 6.42 Å². The normalized spacial score (nSPS) is 19.6. The Hall–Kier alpha value is -1.44. The molecule has 0 spiro atoms. The minimum atomic E-state index is -0.648. The molecule has 1 aromatic rings. The Kier molecular flexibility index (Phi) is 4.52. The standard InChI is InChI=1S/C17H22O2/c1-17(12-13-18,15-10-6-3-7-11-15)16(19)14-8-4-2-5-9-14/h3,6-7,10-11,13-14H,2,4-5,8-9,12H2,1H3/t17-/m0/s1. The van der Waals surface area contributed by atoms with Gasteiger partial charge in [-0.25, -0.2) is 0 Å². The summed E-state index contributed by atoms with van der Waals surface area (Å²) in [6.45, 7) is 1.92. The average Bonchev–Trinajstić information content (AvgIpc) is 2.48. The van der Waals surface area contributed by atoms with E-state index in [0.717, 1.165) is 37.5 Å². The molecule has 1 saturated carbocycles. The molecular formula is C17H22O2. The van der Waals surface area contributed by atoms with Gasteiger partial charge in [-0.05, 0) is 25.3 Å². The van der Waals surface area contributed by atoms with Crippen molar-refractivity contribution in [2.75, 3.05) is 0 Å². The van der Waals surface area contributed by atoms with Crippen molar-refractivity contribution < 1.29 is 9.59 Å². The molecule has 2 nitrogen and oxygen atoms in total. The molecule has 0 heterocycles. The quantitative estimate of drug-likeness (QED) is 0.755. The van der Waals surface area contributed by atoms with Gasteiger partial charge >= 0.3 is 0 Å². The maximum absolute atomic E-state index is 12.9. The minimum absolute atomic E-state index is 0.138. The van der Waals surface area contributed by atoms with Gasteiger partial charge in [0.05, 0.1) is 5.41 Å². The minimum Gasteiger partial charge on any atom is -0.303 e. The Morgan fingerprint density at radius 3 is 2.42 bits per heavy atom. The van der Waals surface area contributed by atoms with Crippen molar-refractivity contribution in [3.63, 3.8) is 0 Å². The number of ketones is 1. The first kappa shape index (κ1) is 14.0. The molecular weight excluding hydrogens is 236 g/mol. The van der Waals surface area contributed by atoms with Crippen molar-refractivity contribution in [1.82, 2.24) is 0 Å². The highest BCUT2D eigenvalue weighted by Gasteiger charge is 2.39. The lowest BCUT2D eigenvalue weighted by atomic mass is 9.69. The fourth-order valence-corrected chi connectivity index (χ4v) is 3.15. The molecule has 1 aliphatic carbocycles. The molecule has 0 aromatic heterocycles. The summed E-state index contributed by atoms with van der Waals surface area (Å²) in [5.74, 6) is 0.393. The molecule has 1 aromatic carbocycles. The molecule has 1 atom stereocenters. The van der Waals surface area contributed by atoms with Crippen LogP contribution in [0.2, 0.25) is 0 Å². The maximum Gasteiger partial charge on any atom is 0.146 e. The van der Waals surface area contributed by atoms with Gasteiger partial charge in [-0.15, -0.1) is 0 Å². The molecule has 0 unspecified atom stereocenters. The van der Waals surface area contributed by atoms with E-state index in [9.17, 15) is 9.59 Å². The zero-order valence-electron chi connectivity index (χ0n) is 11.6. The van der Waals surface area contributed by atoms with Crippen LogP contribution in [-0.2, 0) is 15.0 Å². The number of benzene rings is 1. The van der Waals surface area contributed by atoms with Crippen LogP contribution < -0.4 is 0 Å². The zero-order valence-corrected chi connectivity index (χ0v) is 11.6. The van der Waals surface area contributed by atoms with Crippen LogP contribution >= 0.6 is 0 Å². The Labute approximate surface area is 115 Å². The van der Waals surface area contributed by atoms with Crippen molar-refractivity contribution in [1.29, 1.82) is 0 Å². The van der Waals surface area contributed by atoms with Gasteiger partial charge in [-0.3, -0.25) is 4.79 Å². The van der Waals surface area contributed by atoms with Crippen LogP contribution in [0, 0.1) is 5.92 Å². The van der Waals surface area contributed by atoms with Crippen LogP contribution in [-0.4, -0.2) is 12.1 Å². The first-order valence-corrected chi connectivity index (χ1v) is 7.22. The SMILES string of the molecule is C[C@@](CC=O)(C(=O)C1CCCCC1)c1ccccc1. The van der Waals surface area contributed by atoms with Gasteiger partial charge in [0.25, 0.3) is 0 Å². The van der Waals surface area contributed by atoms with Gasteiger partial charge < -0.3 is 4.79 Å². The summed E-state index contributed by atoms with van der Waals surface area (Å²) in [7, 11) is 0. The number of hydrogen-bond acceptors (Lipinski definition) is 2. The summed E-state index contributed by atoms with van der Waals surface area (Å²) in [6, 6.07) is 9.74. The monoisotopic (exact) mass is 258 g/mol. The molecule has 1 fully saturated rings. The topological polar surface area (TPSA) is 34.1 Å². The van der Waals surface area contributed by atoms with Crippen molar-refractivity contribution in [2.24, 2.45) is 5.92 Å². The van der Waals surface area contributed by atoms with Gasteiger partial charge in [0.15, 0.2) is 0 Å². The largest absolute Gasteiger partial charge is 0.303 e. The Bertz CT molecular complexity index is 432. The fraction of sp³-hybridized carbons (Fsp3) is 0.529. The van der Waals surface area contributed by atoms with Crippen LogP contribution in [0.4, 0.5) is 0 Å². The summed E-state index contributed by atoms with van der Waals surface area (Å²) >= 11 is 0. The molecule has 1 aliphatic rings. The second-order valence-corrected chi connectivity index (χ2v) is 5.77. The van der Waals surface area contributed by atoms with Gasteiger partial charge in [0, 0.05) is 12.3 Å². The van der Waals surface area contributed by atoms with Crippen LogP contribution in [0.5, 0.6) is 0 Å². The molecule has 0 saturated heterocycles. The van der Waals surface area contributed by atoms with E-state index in [4.69, 9.17) is 0 Å². The van der Waals surface area contributed by atoms with E-state index in [0.29, 0.717) is 0 Å². The van der Waals surface area contributed by atoms with Gasteiger partial charge in [0.2, 0.25) is 0 Å². The summed E-state index contributed by atoms with van der Waals surface area (Å²) in [4.78, 5) is 23.9. The Balaban J connectivity index is 2.27. The lowest BCUT2D eigenvalue weighted by molar-refractivity contribution is -0.130. The number of hydrogen-bond donors (Lipinski definition) is 0. The van der Waals surface area contributed by atoms with Gasteiger partial charge in [0.1, 0.15) is 12.1 Å². The van der Waals surface area contributed by atoms with Crippen LogP contribution in [0.25, 0.3) is 0 Å². The van der Waals surface area contributed by atoms with Gasteiger partial charge in [-0.2, -0.15) is 0 Å². The molecule has 2 heteroatoms. The van der Waals surface area contributed by atoms with Crippen molar-refractivity contribution in [2.45, 2.75) is 50.9 Å². The number of Topliss-reactive ketones (excluding diaryl/α,β-unsaturated/α-hetero) is 1. The number of rotatable bonds is 5. The molecule has 0 amide bonds. The highest BCUT2D eigenvalue weighted by atomic mass is 16.1.